The van der Waals surface area contributed by atoms with E-state index in [4.69, 9.17) is 10.00 Å². The highest BCUT2D eigenvalue weighted by atomic mass is 79.9. The number of benzene rings is 1. The zero-order valence-electron chi connectivity index (χ0n) is 12.5. The van der Waals surface area contributed by atoms with Gasteiger partial charge in [-0.25, -0.2) is 4.79 Å². The highest BCUT2D eigenvalue weighted by Gasteiger charge is 2.47. The maximum Gasteiger partial charge on any atom is 0.410 e. The van der Waals surface area contributed by atoms with Crippen molar-refractivity contribution in [3.63, 3.8) is 0 Å². The molecular formula is C16H19BrN2O2. The predicted molar refractivity (Wildman–Crippen MR) is 83.9 cm³/mol. The zero-order chi connectivity index (χ0) is 15.7. The summed E-state index contributed by atoms with van der Waals surface area (Å²) in [4.78, 5) is 13.7. The van der Waals surface area contributed by atoms with E-state index in [-0.39, 0.29) is 11.5 Å². The summed E-state index contributed by atoms with van der Waals surface area (Å²) in [6.07, 6.45) is 0.0849. The summed E-state index contributed by atoms with van der Waals surface area (Å²) in [5, 5.41) is 9.10. The molecule has 1 aliphatic heterocycles. The lowest BCUT2D eigenvalue weighted by Gasteiger charge is -2.49. The molecule has 0 N–H and O–H groups in total. The fourth-order valence-electron chi connectivity index (χ4n) is 2.49. The molecule has 2 rings (SSSR count). The van der Waals surface area contributed by atoms with Crippen molar-refractivity contribution in [2.45, 2.75) is 38.2 Å². The van der Waals surface area contributed by atoms with Crippen LogP contribution in [-0.4, -0.2) is 29.7 Å². The third-order valence-corrected chi connectivity index (χ3v) is 4.04. The Morgan fingerprint density at radius 1 is 1.38 bits per heavy atom. The van der Waals surface area contributed by atoms with Crippen molar-refractivity contribution in [3.8, 4) is 6.07 Å². The van der Waals surface area contributed by atoms with Crippen molar-refractivity contribution in [1.29, 1.82) is 5.26 Å². The van der Waals surface area contributed by atoms with Gasteiger partial charge in [-0.1, -0.05) is 28.1 Å². The van der Waals surface area contributed by atoms with E-state index >= 15 is 0 Å². The van der Waals surface area contributed by atoms with E-state index in [1.165, 1.54) is 0 Å². The van der Waals surface area contributed by atoms with E-state index in [2.05, 4.69) is 22.0 Å². The summed E-state index contributed by atoms with van der Waals surface area (Å²) < 4.78 is 6.37. The normalized spacial score (nSPS) is 16.8. The molecule has 1 saturated heterocycles. The van der Waals surface area contributed by atoms with Crippen molar-refractivity contribution < 1.29 is 9.53 Å². The Morgan fingerprint density at radius 3 is 2.43 bits per heavy atom. The number of halogens is 1. The molecule has 1 amide bonds. The lowest BCUT2D eigenvalue weighted by atomic mass is 9.72. The van der Waals surface area contributed by atoms with Crippen LogP contribution in [0.1, 0.15) is 32.8 Å². The molecule has 21 heavy (non-hydrogen) atoms. The van der Waals surface area contributed by atoms with Gasteiger partial charge in [0.2, 0.25) is 0 Å². The van der Waals surface area contributed by atoms with Gasteiger partial charge in [-0.2, -0.15) is 5.26 Å². The zero-order valence-corrected chi connectivity index (χ0v) is 14.1. The molecule has 1 aromatic carbocycles. The molecule has 1 aliphatic rings. The summed E-state index contributed by atoms with van der Waals surface area (Å²) in [6.45, 7) is 6.60. The van der Waals surface area contributed by atoms with Crippen LogP contribution in [-0.2, 0) is 10.2 Å². The number of nitriles is 1. The Balaban J connectivity index is 2.10. The second-order valence-electron chi connectivity index (χ2n) is 6.46. The van der Waals surface area contributed by atoms with Crippen molar-refractivity contribution in [1.82, 2.24) is 4.90 Å². The number of hydrogen-bond donors (Lipinski definition) is 0. The van der Waals surface area contributed by atoms with E-state index < -0.39 is 5.60 Å². The van der Waals surface area contributed by atoms with Crippen molar-refractivity contribution in [2.24, 2.45) is 0 Å². The lowest BCUT2D eigenvalue weighted by Crippen LogP contribution is -2.61. The van der Waals surface area contributed by atoms with Crippen LogP contribution in [0.5, 0.6) is 0 Å². The average Bonchev–Trinajstić information content (AvgIpc) is 2.32. The molecule has 4 nitrogen and oxygen atoms in total. The van der Waals surface area contributed by atoms with E-state index in [9.17, 15) is 4.79 Å². The Hall–Kier alpha value is -1.54. The number of carbonyl (C=O) groups is 1. The molecule has 0 aliphatic carbocycles. The molecule has 0 aromatic heterocycles. The largest absolute Gasteiger partial charge is 0.444 e. The van der Waals surface area contributed by atoms with Crippen LogP contribution in [0, 0.1) is 11.3 Å². The van der Waals surface area contributed by atoms with Gasteiger partial charge in [0.15, 0.2) is 0 Å². The van der Waals surface area contributed by atoms with Crippen LogP contribution in [0.15, 0.2) is 28.7 Å². The van der Waals surface area contributed by atoms with Gasteiger partial charge in [0.25, 0.3) is 0 Å². The van der Waals surface area contributed by atoms with Crippen LogP contribution >= 0.6 is 15.9 Å². The molecule has 112 valence electrons. The fourth-order valence-corrected chi connectivity index (χ4v) is 2.76. The van der Waals surface area contributed by atoms with Gasteiger partial charge >= 0.3 is 6.09 Å². The van der Waals surface area contributed by atoms with Crippen molar-refractivity contribution >= 4 is 22.0 Å². The van der Waals surface area contributed by atoms with Gasteiger partial charge in [0.1, 0.15) is 5.60 Å². The Morgan fingerprint density at radius 2 is 1.95 bits per heavy atom. The molecule has 0 saturated carbocycles. The smallest absolute Gasteiger partial charge is 0.410 e. The van der Waals surface area contributed by atoms with Crippen LogP contribution in [0.2, 0.25) is 0 Å². The van der Waals surface area contributed by atoms with Crippen molar-refractivity contribution in [3.05, 3.63) is 34.3 Å². The minimum atomic E-state index is -0.498. The average molecular weight is 351 g/mol. The standard InChI is InChI=1S/C16H19BrN2O2/c1-15(2,3)21-14(20)19-10-16(11-19,8-9-18)12-4-6-13(17)7-5-12/h4-7H,8,10-11H2,1-3H3. The Kier molecular flexibility index (Phi) is 4.29. The number of rotatable bonds is 2. The van der Waals surface area contributed by atoms with E-state index in [0.29, 0.717) is 19.5 Å². The molecule has 0 radical (unpaired) electrons. The maximum atomic E-state index is 12.0. The lowest BCUT2D eigenvalue weighted by molar-refractivity contribution is -0.00918. The van der Waals surface area contributed by atoms with Gasteiger partial charge < -0.3 is 9.64 Å². The summed E-state index contributed by atoms with van der Waals surface area (Å²) in [5.74, 6) is 0. The first-order valence-electron chi connectivity index (χ1n) is 6.87. The molecule has 5 heteroatoms. The second kappa shape index (κ2) is 5.69. The van der Waals surface area contributed by atoms with E-state index in [0.717, 1.165) is 10.0 Å². The van der Waals surface area contributed by atoms with Gasteiger partial charge in [-0.05, 0) is 38.5 Å². The second-order valence-corrected chi connectivity index (χ2v) is 7.37. The van der Waals surface area contributed by atoms with Crippen LogP contribution in [0.4, 0.5) is 4.79 Å². The summed E-state index contributed by atoms with van der Waals surface area (Å²) >= 11 is 3.41. The van der Waals surface area contributed by atoms with E-state index in [1.54, 1.807) is 4.90 Å². The summed E-state index contributed by atoms with van der Waals surface area (Å²) in [6, 6.07) is 10.2. The van der Waals surface area contributed by atoms with Gasteiger partial charge in [0.05, 0.1) is 6.07 Å². The molecule has 1 heterocycles. The first kappa shape index (κ1) is 15.8. The SMILES string of the molecule is CC(C)(C)OC(=O)N1CC(CC#N)(c2ccc(Br)cc2)C1. The van der Waals surface area contributed by atoms with Gasteiger partial charge in [0, 0.05) is 29.4 Å². The Bertz CT molecular complexity index is 563. The number of likely N-dealkylation sites (tertiary alicyclic amines) is 1. The number of amides is 1. The summed E-state index contributed by atoms with van der Waals surface area (Å²) in [5.41, 5.74) is 0.321. The van der Waals surface area contributed by atoms with Gasteiger partial charge in [-0.3, -0.25) is 0 Å². The first-order chi connectivity index (χ1) is 9.76. The third-order valence-electron chi connectivity index (χ3n) is 3.51. The Labute approximate surface area is 133 Å². The van der Waals surface area contributed by atoms with Crippen LogP contribution in [0.3, 0.4) is 0 Å². The molecule has 1 aromatic rings. The molecular weight excluding hydrogens is 332 g/mol. The molecule has 0 unspecified atom stereocenters. The maximum absolute atomic E-state index is 12.0. The summed E-state index contributed by atoms with van der Waals surface area (Å²) in [7, 11) is 0. The molecule has 0 bridgehead atoms. The quantitative estimate of drug-likeness (QED) is 0.813. The van der Waals surface area contributed by atoms with Crippen LogP contribution in [0.25, 0.3) is 0 Å². The highest BCUT2D eigenvalue weighted by Crippen LogP contribution is 2.38. The van der Waals surface area contributed by atoms with Gasteiger partial charge in [-0.15, -0.1) is 0 Å². The highest BCUT2D eigenvalue weighted by molar-refractivity contribution is 9.10. The molecule has 1 fully saturated rings. The number of nitrogens with zero attached hydrogens (tertiary/aromatic N) is 2. The minimum Gasteiger partial charge on any atom is -0.444 e. The fraction of sp³-hybridized carbons (Fsp3) is 0.500. The predicted octanol–water partition coefficient (Wildman–Crippen LogP) is 3.85. The number of ether oxygens (including phenoxy) is 1. The minimum absolute atomic E-state index is 0.271. The number of carbonyl (C=O) groups excluding carboxylic acids is 1. The molecule has 0 atom stereocenters. The first-order valence-corrected chi connectivity index (χ1v) is 7.66. The topological polar surface area (TPSA) is 53.3 Å². The monoisotopic (exact) mass is 350 g/mol. The van der Waals surface area contributed by atoms with Crippen LogP contribution < -0.4 is 0 Å². The van der Waals surface area contributed by atoms with E-state index in [1.807, 2.05) is 45.0 Å². The molecule has 0 spiro atoms. The van der Waals surface area contributed by atoms with Crippen molar-refractivity contribution in [2.75, 3.05) is 13.1 Å². The number of hydrogen-bond acceptors (Lipinski definition) is 3. The third kappa shape index (κ3) is 3.56.